The van der Waals surface area contributed by atoms with Gasteiger partial charge in [0.05, 0.1) is 11.0 Å². The number of nitro benzene ring substituents is 1. The lowest BCUT2D eigenvalue weighted by molar-refractivity contribution is -0.385. The summed E-state index contributed by atoms with van der Waals surface area (Å²) in [6.45, 7) is 5.08. The van der Waals surface area contributed by atoms with Crippen molar-refractivity contribution in [1.82, 2.24) is 19.7 Å². The van der Waals surface area contributed by atoms with Crippen LogP contribution >= 0.6 is 0 Å². The van der Waals surface area contributed by atoms with E-state index in [1.165, 1.54) is 12.1 Å². The fourth-order valence-electron chi connectivity index (χ4n) is 3.45. The molecule has 0 spiro atoms. The second-order valence-electron chi connectivity index (χ2n) is 6.44. The molecule has 1 aliphatic rings. The number of nitrogens with zero attached hydrogens (tertiary/aromatic N) is 5. The summed E-state index contributed by atoms with van der Waals surface area (Å²) in [4.78, 5) is 12.7. The van der Waals surface area contributed by atoms with E-state index in [-0.39, 0.29) is 5.69 Å². The number of aliphatic hydroxyl groups is 1. The number of hydrogen-bond acceptors (Lipinski definition) is 6. The van der Waals surface area contributed by atoms with E-state index in [9.17, 15) is 15.2 Å². The van der Waals surface area contributed by atoms with Gasteiger partial charge in [-0.2, -0.15) is 0 Å². The SMILES string of the molecule is CCn1cnnc1C1CCCN(CC(O)c2cccc([N+](=O)[O-])c2)C1. The molecule has 0 bridgehead atoms. The minimum absolute atomic E-state index is 0.00381. The summed E-state index contributed by atoms with van der Waals surface area (Å²) < 4.78 is 2.06. The molecule has 0 amide bonds. The summed E-state index contributed by atoms with van der Waals surface area (Å²) in [5.41, 5.74) is 0.581. The molecule has 0 aliphatic carbocycles. The number of β-amino-alcohol motifs (C(OH)–C–C–N with tert-alkyl or cyclic N) is 1. The zero-order valence-corrected chi connectivity index (χ0v) is 14.3. The molecule has 25 heavy (non-hydrogen) atoms. The molecule has 134 valence electrons. The maximum absolute atomic E-state index is 10.9. The van der Waals surface area contributed by atoms with Crippen molar-refractivity contribution in [3.05, 3.63) is 52.1 Å². The van der Waals surface area contributed by atoms with Crippen LogP contribution in [0.1, 0.15) is 43.2 Å². The van der Waals surface area contributed by atoms with Gasteiger partial charge in [0, 0.05) is 37.7 Å². The minimum atomic E-state index is -0.748. The molecule has 1 saturated heterocycles. The highest BCUT2D eigenvalue weighted by molar-refractivity contribution is 5.35. The third-order valence-electron chi connectivity index (χ3n) is 4.75. The molecule has 2 heterocycles. The molecule has 1 aliphatic heterocycles. The standard InChI is InChI=1S/C17H23N5O3/c1-2-21-12-18-19-17(21)14-6-4-8-20(10-14)11-16(23)13-5-3-7-15(9-13)22(24)25/h3,5,7,9,12,14,16,23H,2,4,6,8,10-11H2,1H3. The topological polar surface area (TPSA) is 97.3 Å². The van der Waals surface area contributed by atoms with Crippen molar-refractivity contribution in [1.29, 1.82) is 0 Å². The van der Waals surface area contributed by atoms with Crippen molar-refractivity contribution in [3.8, 4) is 0 Å². The molecule has 8 nitrogen and oxygen atoms in total. The van der Waals surface area contributed by atoms with Gasteiger partial charge < -0.3 is 9.67 Å². The molecule has 1 N–H and O–H groups in total. The molecule has 1 fully saturated rings. The van der Waals surface area contributed by atoms with Gasteiger partial charge in [-0.3, -0.25) is 15.0 Å². The van der Waals surface area contributed by atoms with Crippen LogP contribution in [0.15, 0.2) is 30.6 Å². The van der Waals surface area contributed by atoms with Crippen LogP contribution in [0, 0.1) is 10.1 Å². The lowest BCUT2D eigenvalue weighted by Gasteiger charge is -2.33. The van der Waals surface area contributed by atoms with E-state index in [2.05, 4.69) is 26.6 Å². The Balaban J connectivity index is 1.66. The number of rotatable bonds is 6. The summed E-state index contributed by atoms with van der Waals surface area (Å²) in [5, 5.41) is 29.7. The van der Waals surface area contributed by atoms with Crippen molar-refractivity contribution in [2.45, 2.75) is 38.3 Å². The van der Waals surface area contributed by atoms with E-state index < -0.39 is 11.0 Å². The lowest BCUT2D eigenvalue weighted by atomic mass is 9.96. The molecule has 1 aromatic carbocycles. The Bertz CT molecular complexity index is 733. The van der Waals surface area contributed by atoms with Crippen molar-refractivity contribution < 1.29 is 10.0 Å². The normalized spacial score (nSPS) is 19.7. The first kappa shape index (κ1) is 17.5. The van der Waals surface area contributed by atoms with Crippen LogP contribution in [0.2, 0.25) is 0 Å². The highest BCUT2D eigenvalue weighted by Crippen LogP contribution is 2.27. The zero-order valence-electron chi connectivity index (χ0n) is 14.3. The van der Waals surface area contributed by atoms with Crippen LogP contribution < -0.4 is 0 Å². The first-order chi connectivity index (χ1) is 12.1. The van der Waals surface area contributed by atoms with Gasteiger partial charge >= 0.3 is 0 Å². The van der Waals surface area contributed by atoms with Crippen LogP contribution in [-0.4, -0.2) is 49.3 Å². The fraction of sp³-hybridized carbons (Fsp3) is 0.529. The van der Waals surface area contributed by atoms with Crippen molar-refractivity contribution in [2.75, 3.05) is 19.6 Å². The van der Waals surface area contributed by atoms with Gasteiger partial charge in [0.25, 0.3) is 5.69 Å². The van der Waals surface area contributed by atoms with E-state index in [0.29, 0.717) is 18.0 Å². The Hall–Kier alpha value is -2.32. The maximum atomic E-state index is 10.9. The summed E-state index contributed by atoms with van der Waals surface area (Å²) in [7, 11) is 0. The predicted molar refractivity (Wildman–Crippen MR) is 92.2 cm³/mol. The fourth-order valence-corrected chi connectivity index (χ4v) is 3.45. The van der Waals surface area contributed by atoms with Gasteiger partial charge in [-0.25, -0.2) is 0 Å². The number of nitro groups is 1. The van der Waals surface area contributed by atoms with E-state index in [4.69, 9.17) is 0 Å². The van der Waals surface area contributed by atoms with Gasteiger partial charge in [0.1, 0.15) is 12.2 Å². The van der Waals surface area contributed by atoms with Crippen molar-refractivity contribution in [3.63, 3.8) is 0 Å². The van der Waals surface area contributed by atoms with Gasteiger partial charge in [-0.05, 0) is 31.9 Å². The van der Waals surface area contributed by atoms with Crippen LogP contribution in [-0.2, 0) is 6.54 Å². The zero-order chi connectivity index (χ0) is 17.8. The summed E-state index contributed by atoms with van der Waals surface area (Å²) >= 11 is 0. The molecular weight excluding hydrogens is 322 g/mol. The lowest BCUT2D eigenvalue weighted by Crippen LogP contribution is -2.38. The van der Waals surface area contributed by atoms with Gasteiger partial charge in [-0.1, -0.05) is 12.1 Å². The third-order valence-corrected chi connectivity index (χ3v) is 4.75. The average Bonchev–Trinajstić information content (AvgIpc) is 3.11. The maximum Gasteiger partial charge on any atom is 0.269 e. The number of aliphatic hydroxyl groups excluding tert-OH is 1. The Morgan fingerprint density at radius 1 is 1.48 bits per heavy atom. The highest BCUT2D eigenvalue weighted by Gasteiger charge is 2.26. The molecule has 3 rings (SSSR count). The molecule has 0 radical (unpaired) electrons. The molecule has 2 unspecified atom stereocenters. The number of piperidine rings is 1. The first-order valence-electron chi connectivity index (χ1n) is 8.61. The van der Waals surface area contributed by atoms with Crippen LogP contribution in [0.3, 0.4) is 0 Å². The van der Waals surface area contributed by atoms with E-state index in [0.717, 1.165) is 38.3 Å². The minimum Gasteiger partial charge on any atom is -0.387 e. The average molecular weight is 345 g/mol. The quantitative estimate of drug-likeness (QED) is 0.636. The van der Waals surface area contributed by atoms with Gasteiger partial charge in [0.15, 0.2) is 0 Å². The monoisotopic (exact) mass is 345 g/mol. The van der Waals surface area contributed by atoms with Crippen LogP contribution in [0.5, 0.6) is 0 Å². The number of aromatic nitrogens is 3. The van der Waals surface area contributed by atoms with Gasteiger partial charge in [-0.15, -0.1) is 10.2 Å². The van der Waals surface area contributed by atoms with Crippen molar-refractivity contribution in [2.24, 2.45) is 0 Å². The number of benzene rings is 1. The summed E-state index contributed by atoms with van der Waals surface area (Å²) in [6.07, 6.45) is 3.10. The smallest absolute Gasteiger partial charge is 0.269 e. The van der Waals surface area contributed by atoms with E-state index in [1.807, 2.05) is 0 Å². The van der Waals surface area contributed by atoms with Crippen molar-refractivity contribution >= 4 is 5.69 Å². The Kier molecular flexibility index (Phi) is 5.40. The van der Waals surface area contributed by atoms with E-state index in [1.54, 1.807) is 18.5 Å². The third kappa shape index (κ3) is 4.02. The number of aryl methyl sites for hydroxylation is 1. The Morgan fingerprint density at radius 2 is 2.32 bits per heavy atom. The molecule has 8 heteroatoms. The molecule has 2 aromatic rings. The molecule has 2 atom stereocenters. The molecule has 1 aromatic heterocycles. The van der Waals surface area contributed by atoms with Gasteiger partial charge in [0.2, 0.25) is 0 Å². The second-order valence-corrected chi connectivity index (χ2v) is 6.44. The molecular formula is C17H23N5O3. The summed E-state index contributed by atoms with van der Waals surface area (Å²) in [5.74, 6) is 1.30. The number of likely N-dealkylation sites (tertiary alicyclic amines) is 1. The Labute approximate surface area is 146 Å². The van der Waals surface area contributed by atoms with E-state index >= 15 is 0 Å². The predicted octanol–water partition coefficient (Wildman–Crippen LogP) is 2.12. The molecule has 0 saturated carbocycles. The summed E-state index contributed by atoms with van der Waals surface area (Å²) in [6, 6.07) is 6.22. The highest BCUT2D eigenvalue weighted by atomic mass is 16.6. The number of hydrogen-bond donors (Lipinski definition) is 1. The van der Waals surface area contributed by atoms with Crippen LogP contribution in [0.25, 0.3) is 0 Å². The number of non-ortho nitro benzene ring substituents is 1. The van der Waals surface area contributed by atoms with Crippen LogP contribution in [0.4, 0.5) is 5.69 Å². The first-order valence-corrected chi connectivity index (χ1v) is 8.61. The largest absolute Gasteiger partial charge is 0.387 e. The second kappa shape index (κ2) is 7.71. The Morgan fingerprint density at radius 3 is 3.08 bits per heavy atom.